The summed E-state index contributed by atoms with van der Waals surface area (Å²) in [7, 11) is 1.26. The van der Waals surface area contributed by atoms with Crippen molar-refractivity contribution in [2.24, 2.45) is 0 Å². The summed E-state index contributed by atoms with van der Waals surface area (Å²) in [5.74, 6) is -0.767. The van der Waals surface area contributed by atoms with Crippen LogP contribution in [0, 0.1) is 6.92 Å². The molecular weight excluding hydrogens is 386 g/mol. The van der Waals surface area contributed by atoms with Crippen molar-refractivity contribution >= 4 is 45.9 Å². The molecule has 2 aromatic rings. The Morgan fingerprint density at radius 1 is 1.15 bits per heavy atom. The Kier molecular flexibility index (Phi) is 7.87. The number of carbonyl (C=O) groups excluding carboxylic acids is 3. The SMILES string of the molecule is CCOC(=O)c1sc(NC(=O)CCSc2ccccc2)c(C(=O)OC)c1C. The van der Waals surface area contributed by atoms with Crippen LogP contribution in [-0.4, -0.2) is 37.3 Å². The first-order valence-corrected chi connectivity index (χ1v) is 10.1. The zero-order valence-electron chi connectivity index (χ0n) is 15.4. The second-order valence-corrected chi connectivity index (χ2v) is 7.62. The van der Waals surface area contributed by atoms with Gasteiger partial charge in [0.05, 0.1) is 19.3 Å². The molecule has 0 unspecified atom stereocenters. The molecule has 6 nitrogen and oxygen atoms in total. The first-order chi connectivity index (χ1) is 13.0. The van der Waals surface area contributed by atoms with Crippen LogP contribution in [0.2, 0.25) is 0 Å². The molecule has 1 aromatic heterocycles. The minimum absolute atomic E-state index is 0.189. The Morgan fingerprint density at radius 2 is 1.85 bits per heavy atom. The van der Waals surface area contributed by atoms with E-state index in [0.29, 0.717) is 16.3 Å². The zero-order valence-corrected chi connectivity index (χ0v) is 17.0. The van der Waals surface area contributed by atoms with E-state index in [4.69, 9.17) is 9.47 Å². The Balaban J connectivity index is 2.09. The topological polar surface area (TPSA) is 81.7 Å². The van der Waals surface area contributed by atoms with Gasteiger partial charge in [0.2, 0.25) is 5.91 Å². The second-order valence-electron chi connectivity index (χ2n) is 5.43. The summed E-state index contributed by atoms with van der Waals surface area (Å²) in [5.41, 5.74) is 0.633. The average Bonchev–Trinajstić information content (AvgIpc) is 2.98. The first kappa shape index (κ1) is 21.0. The van der Waals surface area contributed by atoms with Crippen LogP contribution in [0.1, 0.15) is 38.9 Å². The van der Waals surface area contributed by atoms with Crippen molar-refractivity contribution in [3.05, 3.63) is 46.3 Å². The highest BCUT2D eigenvalue weighted by Crippen LogP contribution is 2.34. The molecule has 1 aromatic carbocycles. The number of amides is 1. The van der Waals surface area contributed by atoms with E-state index in [0.717, 1.165) is 16.2 Å². The molecule has 27 heavy (non-hydrogen) atoms. The number of esters is 2. The maximum Gasteiger partial charge on any atom is 0.348 e. The lowest BCUT2D eigenvalue weighted by Crippen LogP contribution is -2.14. The lowest BCUT2D eigenvalue weighted by molar-refractivity contribution is -0.115. The number of hydrogen-bond donors (Lipinski definition) is 1. The molecular formula is C19H21NO5S2. The van der Waals surface area contributed by atoms with Crippen LogP contribution in [0.15, 0.2) is 35.2 Å². The van der Waals surface area contributed by atoms with Crippen molar-refractivity contribution in [1.82, 2.24) is 0 Å². The van der Waals surface area contributed by atoms with Gasteiger partial charge in [0.15, 0.2) is 0 Å². The highest BCUT2D eigenvalue weighted by molar-refractivity contribution is 7.99. The summed E-state index contributed by atoms with van der Waals surface area (Å²) in [5, 5.41) is 3.03. The second kappa shape index (κ2) is 10.1. The third-order valence-electron chi connectivity index (χ3n) is 3.59. The molecule has 0 saturated heterocycles. The van der Waals surface area contributed by atoms with Crippen LogP contribution < -0.4 is 5.32 Å². The number of methoxy groups -OCH3 is 1. The van der Waals surface area contributed by atoms with Crippen molar-refractivity contribution in [3.8, 4) is 0 Å². The molecule has 0 fully saturated rings. The number of nitrogens with one attached hydrogen (secondary N) is 1. The van der Waals surface area contributed by atoms with Gasteiger partial charge in [-0.3, -0.25) is 4.79 Å². The van der Waals surface area contributed by atoms with Gasteiger partial charge >= 0.3 is 11.9 Å². The van der Waals surface area contributed by atoms with Crippen molar-refractivity contribution in [2.45, 2.75) is 25.2 Å². The fraction of sp³-hybridized carbons (Fsp3) is 0.316. The van der Waals surface area contributed by atoms with E-state index in [1.165, 1.54) is 7.11 Å². The van der Waals surface area contributed by atoms with Gasteiger partial charge in [-0.05, 0) is 31.5 Å². The van der Waals surface area contributed by atoms with E-state index < -0.39 is 11.9 Å². The van der Waals surface area contributed by atoms with Gasteiger partial charge in [-0.1, -0.05) is 18.2 Å². The predicted octanol–water partition coefficient (Wildman–Crippen LogP) is 4.14. The van der Waals surface area contributed by atoms with Crippen LogP contribution >= 0.6 is 23.1 Å². The Labute approximate surface area is 166 Å². The predicted molar refractivity (Wildman–Crippen MR) is 107 cm³/mol. The van der Waals surface area contributed by atoms with Gasteiger partial charge in [-0.2, -0.15) is 0 Å². The van der Waals surface area contributed by atoms with Crippen molar-refractivity contribution < 1.29 is 23.9 Å². The fourth-order valence-electron chi connectivity index (χ4n) is 2.31. The van der Waals surface area contributed by atoms with E-state index in [-0.39, 0.29) is 29.4 Å². The number of benzene rings is 1. The number of rotatable bonds is 8. The summed E-state index contributed by atoms with van der Waals surface area (Å²) >= 11 is 2.59. The molecule has 1 heterocycles. The number of anilines is 1. The van der Waals surface area contributed by atoms with E-state index in [9.17, 15) is 14.4 Å². The van der Waals surface area contributed by atoms with Gasteiger partial charge in [-0.15, -0.1) is 23.1 Å². The molecule has 1 amide bonds. The van der Waals surface area contributed by atoms with Crippen LogP contribution in [0.3, 0.4) is 0 Å². The molecule has 2 rings (SSSR count). The molecule has 0 bridgehead atoms. The van der Waals surface area contributed by atoms with Crippen molar-refractivity contribution in [1.29, 1.82) is 0 Å². The number of thioether (sulfide) groups is 1. The minimum Gasteiger partial charge on any atom is -0.465 e. The molecule has 0 atom stereocenters. The summed E-state index contributed by atoms with van der Waals surface area (Å²) in [6.07, 6.45) is 0.270. The Hall–Kier alpha value is -2.32. The van der Waals surface area contributed by atoms with Gasteiger partial charge in [-0.25, -0.2) is 9.59 Å². The monoisotopic (exact) mass is 407 g/mol. The van der Waals surface area contributed by atoms with Gasteiger partial charge in [0.1, 0.15) is 9.88 Å². The zero-order chi connectivity index (χ0) is 19.8. The maximum atomic E-state index is 12.3. The molecule has 144 valence electrons. The maximum absolute atomic E-state index is 12.3. The highest BCUT2D eigenvalue weighted by atomic mass is 32.2. The van der Waals surface area contributed by atoms with E-state index in [2.05, 4.69) is 5.32 Å². The molecule has 0 aliphatic rings. The summed E-state index contributed by atoms with van der Waals surface area (Å²) < 4.78 is 9.80. The summed E-state index contributed by atoms with van der Waals surface area (Å²) in [6, 6.07) is 9.77. The smallest absolute Gasteiger partial charge is 0.348 e. The summed E-state index contributed by atoms with van der Waals surface area (Å²) in [6.45, 7) is 3.56. The number of ether oxygens (including phenoxy) is 2. The molecule has 0 radical (unpaired) electrons. The molecule has 0 aliphatic heterocycles. The van der Waals surface area contributed by atoms with E-state index >= 15 is 0 Å². The third-order valence-corrected chi connectivity index (χ3v) is 5.79. The lowest BCUT2D eigenvalue weighted by atomic mass is 10.1. The lowest BCUT2D eigenvalue weighted by Gasteiger charge is -2.06. The fourth-order valence-corrected chi connectivity index (χ4v) is 4.29. The molecule has 0 aliphatic carbocycles. The average molecular weight is 408 g/mol. The normalized spacial score (nSPS) is 10.3. The molecule has 8 heteroatoms. The van der Waals surface area contributed by atoms with Crippen LogP contribution in [0.25, 0.3) is 0 Å². The standard InChI is InChI=1S/C19H21NO5S2/c1-4-25-19(23)16-12(2)15(18(22)24-3)17(27-16)20-14(21)10-11-26-13-8-6-5-7-9-13/h5-9H,4,10-11H2,1-3H3,(H,20,21). The molecule has 0 spiro atoms. The van der Waals surface area contributed by atoms with Crippen LogP contribution in [-0.2, 0) is 14.3 Å². The highest BCUT2D eigenvalue weighted by Gasteiger charge is 2.26. The van der Waals surface area contributed by atoms with Crippen LogP contribution in [0.4, 0.5) is 5.00 Å². The largest absolute Gasteiger partial charge is 0.465 e. The number of carbonyl (C=O) groups is 3. The van der Waals surface area contributed by atoms with Gasteiger partial charge in [0, 0.05) is 17.1 Å². The summed E-state index contributed by atoms with van der Waals surface area (Å²) in [4.78, 5) is 37.8. The number of hydrogen-bond acceptors (Lipinski definition) is 7. The van der Waals surface area contributed by atoms with Crippen molar-refractivity contribution in [2.75, 3.05) is 24.8 Å². The Bertz CT molecular complexity index is 817. The Morgan fingerprint density at radius 3 is 2.48 bits per heavy atom. The minimum atomic E-state index is -0.603. The van der Waals surface area contributed by atoms with E-state index in [1.54, 1.807) is 25.6 Å². The van der Waals surface area contributed by atoms with Gasteiger partial charge < -0.3 is 14.8 Å². The number of thiophene rings is 1. The van der Waals surface area contributed by atoms with Gasteiger partial charge in [0.25, 0.3) is 0 Å². The van der Waals surface area contributed by atoms with E-state index in [1.807, 2.05) is 30.3 Å². The molecule has 1 N–H and O–H groups in total. The van der Waals surface area contributed by atoms with Crippen LogP contribution in [0.5, 0.6) is 0 Å². The quantitative estimate of drug-likeness (QED) is 0.523. The van der Waals surface area contributed by atoms with Crippen molar-refractivity contribution in [3.63, 3.8) is 0 Å². The first-order valence-electron chi connectivity index (χ1n) is 8.34. The third kappa shape index (κ3) is 5.58. The molecule has 0 saturated carbocycles.